The third-order valence-electron chi connectivity index (χ3n) is 2.54. The maximum Gasteiger partial charge on any atom is 0.325 e. The van der Waals surface area contributed by atoms with Crippen molar-refractivity contribution >= 4 is 18.2 Å². The molecule has 6 nitrogen and oxygen atoms in total. The summed E-state index contributed by atoms with van der Waals surface area (Å²) in [6, 6.07) is -0.976. The summed E-state index contributed by atoms with van der Waals surface area (Å²) in [5.41, 5.74) is 1.71. The van der Waals surface area contributed by atoms with E-state index in [0.717, 1.165) is 0 Å². The summed E-state index contributed by atoms with van der Waals surface area (Å²) in [6.07, 6.45) is 0.625. The fourth-order valence-electron chi connectivity index (χ4n) is 1.56. The number of H-pyrrole nitrogens is 1. The summed E-state index contributed by atoms with van der Waals surface area (Å²) in [5.74, 6) is -1.61. The summed E-state index contributed by atoms with van der Waals surface area (Å²) in [7, 11) is 0. The summed E-state index contributed by atoms with van der Waals surface area (Å²) in [4.78, 5) is 35.9. The molecule has 17 heavy (non-hydrogen) atoms. The van der Waals surface area contributed by atoms with Crippen LogP contribution in [-0.2, 0) is 4.79 Å². The van der Waals surface area contributed by atoms with Gasteiger partial charge in [-0.1, -0.05) is 0 Å². The zero-order valence-electron chi connectivity index (χ0n) is 9.83. The van der Waals surface area contributed by atoms with Crippen LogP contribution in [0.2, 0.25) is 0 Å². The highest BCUT2D eigenvalue weighted by Gasteiger charge is 2.21. The molecule has 0 unspecified atom stereocenters. The number of aromatic nitrogens is 1. The van der Waals surface area contributed by atoms with Gasteiger partial charge in [-0.05, 0) is 26.3 Å². The van der Waals surface area contributed by atoms with Gasteiger partial charge in [-0.3, -0.25) is 14.4 Å². The molecule has 92 valence electrons. The first kappa shape index (κ1) is 13.0. The second-order valence-corrected chi connectivity index (χ2v) is 3.81. The predicted octanol–water partition coefficient (Wildman–Crippen LogP) is 0.647. The van der Waals surface area contributed by atoms with Gasteiger partial charge in [0.2, 0.25) is 0 Å². The van der Waals surface area contributed by atoms with E-state index in [1.807, 2.05) is 0 Å². The number of amides is 1. The number of carboxylic acid groups (broad SMARTS) is 1. The topological polar surface area (TPSA) is 99.3 Å². The number of nitrogens with one attached hydrogen (secondary N) is 2. The van der Waals surface area contributed by atoms with Crippen LogP contribution < -0.4 is 5.32 Å². The van der Waals surface area contributed by atoms with Crippen LogP contribution in [0, 0.1) is 13.8 Å². The van der Waals surface area contributed by atoms with Gasteiger partial charge >= 0.3 is 5.97 Å². The Morgan fingerprint density at radius 1 is 1.41 bits per heavy atom. The molecule has 0 spiro atoms. The average Bonchev–Trinajstić information content (AvgIpc) is 2.53. The molecule has 0 aliphatic heterocycles. The highest BCUT2D eigenvalue weighted by Crippen LogP contribution is 2.16. The van der Waals surface area contributed by atoms with Crippen LogP contribution in [0.3, 0.4) is 0 Å². The molecule has 0 fully saturated rings. The molecule has 0 saturated carbocycles. The molecule has 1 atom stereocenters. The second-order valence-electron chi connectivity index (χ2n) is 3.81. The Hall–Kier alpha value is -2.11. The van der Waals surface area contributed by atoms with Gasteiger partial charge in [-0.2, -0.15) is 0 Å². The van der Waals surface area contributed by atoms with Crippen molar-refractivity contribution in [2.75, 3.05) is 0 Å². The molecule has 1 amide bonds. The van der Waals surface area contributed by atoms with Gasteiger partial charge in [-0.25, -0.2) is 0 Å². The fourth-order valence-corrected chi connectivity index (χ4v) is 1.56. The van der Waals surface area contributed by atoms with E-state index in [-0.39, 0.29) is 0 Å². The Labute approximate surface area is 98.0 Å². The second kappa shape index (κ2) is 4.82. The summed E-state index contributed by atoms with van der Waals surface area (Å²) < 4.78 is 0. The Morgan fingerprint density at radius 3 is 2.41 bits per heavy atom. The Kier molecular flexibility index (Phi) is 3.67. The number of aryl methyl sites for hydroxylation is 1. The molecule has 6 heteroatoms. The number of carbonyl (C=O) groups excluding carboxylic acids is 2. The lowest BCUT2D eigenvalue weighted by molar-refractivity contribution is -0.138. The third-order valence-corrected chi connectivity index (χ3v) is 2.54. The minimum atomic E-state index is -1.11. The lowest BCUT2D eigenvalue weighted by Gasteiger charge is -2.09. The molecule has 0 aromatic carbocycles. The van der Waals surface area contributed by atoms with Gasteiger partial charge in [0, 0.05) is 5.69 Å². The average molecular weight is 238 g/mol. The normalized spacial score (nSPS) is 11.9. The molecule has 3 N–H and O–H groups in total. The van der Waals surface area contributed by atoms with E-state index in [0.29, 0.717) is 28.8 Å². The first-order valence-corrected chi connectivity index (χ1v) is 5.06. The van der Waals surface area contributed by atoms with Crippen molar-refractivity contribution in [2.45, 2.75) is 26.8 Å². The number of hydrogen-bond donors (Lipinski definition) is 3. The molecule has 0 radical (unpaired) electrons. The van der Waals surface area contributed by atoms with Crippen molar-refractivity contribution in [1.82, 2.24) is 10.3 Å². The van der Waals surface area contributed by atoms with Gasteiger partial charge < -0.3 is 15.4 Å². The molecule has 1 heterocycles. The molecule has 1 aromatic heterocycles. The highest BCUT2D eigenvalue weighted by atomic mass is 16.4. The van der Waals surface area contributed by atoms with Crippen molar-refractivity contribution in [3.05, 3.63) is 22.5 Å². The number of rotatable bonds is 4. The van der Waals surface area contributed by atoms with Gasteiger partial charge in [0.1, 0.15) is 6.04 Å². The van der Waals surface area contributed by atoms with E-state index in [4.69, 9.17) is 5.11 Å². The summed E-state index contributed by atoms with van der Waals surface area (Å²) >= 11 is 0. The van der Waals surface area contributed by atoms with E-state index in [1.54, 1.807) is 13.8 Å². The van der Waals surface area contributed by atoms with Crippen molar-refractivity contribution in [3.63, 3.8) is 0 Å². The fraction of sp³-hybridized carbons (Fsp3) is 0.364. The van der Waals surface area contributed by atoms with Crippen molar-refractivity contribution in [3.8, 4) is 0 Å². The molecular formula is C11H14N2O4. The van der Waals surface area contributed by atoms with E-state index >= 15 is 0 Å². The van der Waals surface area contributed by atoms with Gasteiger partial charge in [-0.15, -0.1) is 0 Å². The summed E-state index contributed by atoms with van der Waals surface area (Å²) in [6.45, 7) is 4.66. The minimum Gasteiger partial charge on any atom is -0.480 e. The highest BCUT2D eigenvalue weighted by molar-refractivity contribution is 6.00. The lowest BCUT2D eigenvalue weighted by Crippen LogP contribution is -2.38. The number of hydrogen-bond acceptors (Lipinski definition) is 3. The zero-order chi connectivity index (χ0) is 13.2. The molecule has 0 saturated heterocycles. The van der Waals surface area contributed by atoms with Crippen LogP contribution in [0.5, 0.6) is 0 Å². The predicted molar refractivity (Wildman–Crippen MR) is 60.2 cm³/mol. The van der Waals surface area contributed by atoms with Crippen LogP contribution in [0.1, 0.15) is 39.0 Å². The largest absolute Gasteiger partial charge is 0.480 e. The van der Waals surface area contributed by atoms with Gasteiger partial charge in [0.15, 0.2) is 6.29 Å². The van der Waals surface area contributed by atoms with Crippen LogP contribution in [0.25, 0.3) is 0 Å². The van der Waals surface area contributed by atoms with E-state index < -0.39 is 17.9 Å². The SMILES string of the molecule is Cc1[nH]c(C=O)c(C)c1C(=O)N[C@@H](C)C(=O)O. The number of aldehydes is 1. The molecule has 0 aliphatic rings. The van der Waals surface area contributed by atoms with Gasteiger partial charge in [0.05, 0.1) is 11.3 Å². The molecule has 0 bridgehead atoms. The molecule has 1 rings (SSSR count). The first-order valence-electron chi connectivity index (χ1n) is 5.06. The Morgan fingerprint density at radius 2 is 2.00 bits per heavy atom. The van der Waals surface area contributed by atoms with E-state index in [1.165, 1.54) is 6.92 Å². The van der Waals surface area contributed by atoms with Crippen molar-refractivity contribution < 1.29 is 19.5 Å². The minimum absolute atomic E-state index is 0.320. The standard InChI is InChI=1S/C11H14N2O4/c1-5-8(4-14)12-6(2)9(5)10(15)13-7(3)11(16)17/h4,7,12H,1-3H3,(H,13,15)(H,16,17)/t7-/m0/s1. The number of aliphatic carboxylic acids is 1. The Balaban J connectivity index is 3.01. The maximum absolute atomic E-state index is 11.8. The van der Waals surface area contributed by atoms with Crippen molar-refractivity contribution in [1.29, 1.82) is 0 Å². The van der Waals surface area contributed by atoms with Crippen LogP contribution >= 0.6 is 0 Å². The van der Waals surface area contributed by atoms with Crippen LogP contribution in [0.4, 0.5) is 0 Å². The zero-order valence-corrected chi connectivity index (χ0v) is 9.83. The lowest BCUT2D eigenvalue weighted by atomic mass is 10.1. The molecular weight excluding hydrogens is 224 g/mol. The summed E-state index contributed by atoms with van der Waals surface area (Å²) in [5, 5.41) is 11.0. The molecule has 0 aliphatic carbocycles. The van der Waals surface area contributed by atoms with E-state index in [2.05, 4.69) is 10.3 Å². The quantitative estimate of drug-likeness (QED) is 0.670. The van der Waals surface area contributed by atoms with Crippen LogP contribution in [0.15, 0.2) is 0 Å². The maximum atomic E-state index is 11.8. The first-order chi connectivity index (χ1) is 7.88. The number of aromatic amines is 1. The Bertz CT molecular complexity index is 476. The third kappa shape index (κ3) is 2.52. The van der Waals surface area contributed by atoms with Crippen molar-refractivity contribution in [2.24, 2.45) is 0 Å². The van der Waals surface area contributed by atoms with Gasteiger partial charge in [0.25, 0.3) is 5.91 Å². The monoisotopic (exact) mass is 238 g/mol. The molecule has 1 aromatic rings. The smallest absolute Gasteiger partial charge is 0.325 e. The number of carbonyl (C=O) groups is 3. The van der Waals surface area contributed by atoms with Crippen LogP contribution in [-0.4, -0.2) is 34.3 Å². The van der Waals surface area contributed by atoms with E-state index in [9.17, 15) is 14.4 Å². The number of carboxylic acids is 1.